The van der Waals surface area contributed by atoms with Crippen molar-refractivity contribution in [2.75, 3.05) is 0 Å². The van der Waals surface area contributed by atoms with E-state index in [4.69, 9.17) is 0 Å². The summed E-state index contributed by atoms with van der Waals surface area (Å²) < 4.78 is 3.01. The minimum absolute atomic E-state index is 0.0146. The molecule has 72 valence electrons. The maximum atomic E-state index is 9.37. The molecule has 1 aliphatic carbocycles. The molecule has 1 aliphatic rings. The van der Waals surface area contributed by atoms with Gasteiger partial charge in [-0.2, -0.15) is 0 Å². The third-order valence-electron chi connectivity index (χ3n) is 2.47. The van der Waals surface area contributed by atoms with Gasteiger partial charge in [0.25, 0.3) is 0 Å². The van der Waals surface area contributed by atoms with Gasteiger partial charge in [-0.15, -0.1) is 0 Å². The Kier molecular flexibility index (Phi) is 3.68. The zero-order chi connectivity index (χ0) is 9.10. The molecule has 1 aromatic rings. The summed E-state index contributed by atoms with van der Waals surface area (Å²) >= 11 is 1.97. The molecule has 2 unspecified atom stereocenters. The summed E-state index contributed by atoms with van der Waals surface area (Å²) in [7, 11) is 0. The van der Waals surface area contributed by atoms with Crippen LogP contribution in [0.1, 0.15) is 19.3 Å². The second-order valence-corrected chi connectivity index (χ2v) is 8.36. The average molecular weight is 310 g/mol. The Labute approximate surface area is 93.3 Å². The summed E-state index contributed by atoms with van der Waals surface area (Å²) in [5.41, 5.74) is 0. The van der Waals surface area contributed by atoms with Crippen molar-refractivity contribution in [1.82, 2.24) is 0 Å². The first-order valence-corrected chi connectivity index (χ1v) is 8.38. The average Bonchev–Trinajstić information content (AvgIpc) is 2.71. The normalized spacial score (nSPS) is 28.1. The number of hydrogen-bond donors (Lipinski definition) is 1. The zero-order valence-corrected chi connectivity index (χ0v) is 10.6. The van der Waals surface area contributed by atoms with Gasteiger partial charge in [0, 0.05) is 0 Å². The van der Waals surface area contributed by atoms with Gasteiger partial charge >= 0.3 is 93.6 Å². The number of aliphatic hydroxyl groups excluding tert-OH is 1. The summed E-state index contributed by atoms with van der Waals surface area (Å²) in [6, 6.07) is 4.41. The predicted octanol–water partition coefficient (Wildman–Crippen LogP) is 1.66. The quantitative estimate of drug-likeness (QED) is 0.842. The van der Waals surface area contributed by atoms with E-state index >= 15 is 0 Å². The van der Waals surface area contributed by atoms with Crippen molar-refractivity contribution in [2.24, 2.45) is 5.92 Å². The Morgan fingerprint density at radius 3 is 3.08 bits per heavy atom. The van der Waals surface area contributed by atoms with E-state index in [9.17, 15) is 5.11 Å². The van der Waals surface area contributed by atoms with Crippen molar-refractivity contribution >= 4 is 35.2 Å². The number of rotatable bonds is 3. The molecule has 2 atom stereocenters. The predicted molar refractivity (Wildman–Crippen MR) is 57.9 cm³/mol. The number of thiophene rings is 1. The monoisotopic (exact) mass is 312 g/mol. The van der Waals surface area contributed by atoms with Crippen molar-refractivity contribution in [1.29, 1.82) is 0 Å². The van der Waals surface area contributed by atoms with Crippen LogP contribution in [0.4, 0.5) is 0 Å². The van der Waals surface area contributed by atoms with Crippen LogP contribution in [0.25, 0.3) is 0 Å². The van der Waals surface area contributed by atoms with E-state index in [2.05, 4.69) is 17.5 Å². The third-order valence-corrected chi connectivity index (χ3v) is 7.77. The minimum atomic E-state index is 0.0146. The van der Waals surface area contributed by atoms with Crippen LogP contribution in [0.15, 0.2) is 17.5 Å². The van der Waals surface area contributed by atoms with Crippen LogP contribution in [0, 0.1) is 5.92 Å². The summed E-state index contributed by atoms with van der Waals surface area (Å²) in [6.07, 6.45) is 3.39. The van der Waals surface area contributed by atoms with Crippen molar-refractivity contribution in [3.63, 3.8) is 0 Å². The molecule has 1 saturated carbocycles. The van der Waals surface area contributed by atoms with E-state index in [1.807, 2.05) is 11.3 Å². The fraction of sp³-hybridized carbons (Fsp3) is 0.600. The Hall–Kier alpha value is 0.450. The van der Waals surface area contributed by atoms with Gasteiger partial charge in [-0.1, -0.05) is 0 Å². The molecule has 0 amide bonds. The molecule has 1 N–H and O–H groups in total. The van der Waals surface area contributed by atoms with Gasteiger partial charge in [0.2, 0.25) is 0 Å². The van der Waals surface area contributed by atoms with Gasteiger partial charge in [0.15, 0.2) is 0 Å². The number of hydrogen-bond acceptors (Lipinski definition) is 2. The van der Waals surface area contributed by atoms with Crippen LogP contribution in [0.3, 0.4) is 0 Å². The van der Waals surface area contributed by atoms with E-state index < -0.39 is 0 Å². The van der Waals surface area contributed by atoms with Gasteiger partial charge in [-0.05, 0) is 0 Å². The molecule has 0 spiro atoms. The van der Waals surface area contributed by atoms with Crippen molar-refractivity contribution < 1.29 is 5.11 Å². The van der Waals surface area contributed by atoms with E-state index in [1.54, 1.807) is 2.93 Å². The number of aliphatic hydroxyl groups is 1. The zero-order valence-electron chi connectivity index (χ0n) is 7.48. The van der Waals surface area contributed by atoms with Crippen LogP contribution in [-0.2, 0) is 0 Å². The standard InChI is InChI=1S/C10H14OSTe/c11-9-4-3-8(6-9)7-13-10-2-1-5-12-10/h1-2,5,8-9,11H,3-4,6-7H2. The molecular weight excluding hydrogens is 296 g/mol. The van der Waals surface area contributed by atoms with Crippen molar-refractivity contribution in [3.05, 3.63) is 17.5 Å². The van der Waals surface area contributed by atoms with Crippen molar-refractivity contribution in [3.8, 4) is 0 Å². The molecule has 3 heteroatoms. The van der Waals surface area contributed by atoms with Gasteiger partial charge in [-0.3, -0.25) is 0 Å². The fourth-order valence-corrected chi connectivity index (χ4v) is 6.28. The Morgan fingerprint density at radius 2 is 2.46 bits per heavy atom. The molecule has 0 saturated heterocycles. The van der Waals surface area contributed by atoms with E-state index in [0.717, 1.165) is 18.8 Å². The van der Waals surface area contributed by atoms with Crippen LogP contribution in [-0.4, -0.2) is 32.1 Å². The van der Waals surface area contributed by atoms with Gasteiger partial charge < -0.3 is 0 Å². The van der Waals surface area contributed by atoms with Crippen molar-refractivity contribution in [2.45, 2.75) is 29.8 Å². The molecule has 0 aliphatic heterocycles. The van der Waals surface area contributed by atoms with Gasteiger partial charge in [0.05, 0.1) is 0 Å². The Balaban J connectivity index is 1.74. The molecule has 1 nitrogen and oxygen atoms in total. The second-order valence-electron chi connectivity index (χ2n) is 3.58. The second kappa shape index (κ2) is 4.79. The molecule has 1 aromatic heterocycles. The van der Waals surface area contributed by atoms with Crippen LogP contribution >= 0.6 is 11.3 Å². The molecular formula is C10H14OSTe. The third kappa shape index (κ3) is 2.95. The Bertz CT molecular complexity index is 247. The molecule has 13 heavy (non-hydrogen) atoms. The summed E-state index contributed by atoms with van der Waals surface area (Å²) in [5.74, 6) is 0.833. The SMILES string of the molecule is OC1CCC(C[Te]c2cccs2)C1. The first-order chi connectivity index (χ1) is 6.34. The molecule has 1 fully saturated rings. The molecule has 0 aromatic carbocycles. The first kappa shape index (κ1) is 9.98. The topological polar surface area (TPSA) is 20.2 Å². The van der Waals surface area contributed by atoms with E-state index in [0.29, 0.717) is 0 Å². The fourth-order valence-electron chi connectivity index (χ4n) is 1.75. The van der Waals surface area contributed by atoms with Gasteiger partial charge in [0.1, 0.15) is 0 Å². The van der Waals surface area contributed by atoms with Crippen LogP contribution in [0.2, 0.25) is 4.47 Å². The molecule has 0 bridgehead atoms. The molecule has 2 rings (SSSR count). The maximum absolute atomic E-state index is 9.37. The van der Waals surface area contributed by atoms with E-state index in [1.165, 1.54) is 10.9 Å². The first-order valence-electron chi connectivity index (χ1n) is 4.69. The molecule has 1 heterocycles. The van der Waals surface area contributed by atoms with Crippen LogP contribution < -0.4 is 2.93 Å². The molecule has 0 radical (unpaired) electrons. The van der Waals surface area contributed by atoms with E-state index in [-0.39, 0.29) is 27.0 Å². The van der Waals surface area contributed by atoms with Gasteiger partial charge in [-0.25, -0.2) is 0 Å². The summed E-state index contributed by atoms with van der Waals surface area (Å²) in [6.45, 7) is 0. The van der Waals surface area contributed by atoms with Crippen LogP contribution in [0.5, 0.6) is 0 Å². The summed E-state index contributed by atoms with van der Waals surface area (Å²) in [5, 5.41) is 11.5. The summed E-state index contributed by atoms with van der Waals surface area (Å²) in [4.78, 5) is 0. The Morgan fingerprint density at radius 1 is 1.54 bits per heavy atom.